The van der Waals surface area contributed by atoms with Gasteiger partial charge in [-0.3, -0.25) is 0 Å². The quantitative estimate of drug-likeness (QED) is 0.844. The summed E-state index contributed by atoms with van der Waals surface area (Å²) >= 11 is 2.02. The molecular formula is C11H16N2OS. The number of ether oxygens (including phenoxy) is 1. The Morgan fingerprint density at radius 2 is 2.60 bits per heavy atom. The number of pyridine rings is 1. The van der Waals surface area contributed by atoms with Crippen LogP contribution in [0, 0.1) is 0 Å². The Morgan fingerprint density at radius 3 is 3.33 bits per heavy atom. The molecule has 1 N–H and O–H groups in total. The van der Waals surface area contributed by atoms with Crippen LogP contribution in [0.15, 0.2) is 18.3 Å². The van der Waals surface area contributed by atoms with Gasteiger partial charge in [-0.25, -0.2) is 4.98 Å². The Kier molecular flexibility index (Phi) is 3.86. The predicted octanol–water partition coefficient (Wildman–Crippen LogP) is 1.69. The minimum atomic E-state index is 0.653. The molecule has 0 saturated carbocycles. The van der Waals surface area contributed by atoms with E-state index in [0.717, 1.165) is 18.0 Å². The van der Waals surface area contributed by atoms with Gasteiger partial charge in [-0.05, 0) is 18.2 Å². The molecule has 0 spiro atoms. The summed E-state index contributed by atoms with van der Waals surface area (Å²) in [5.41, 5.74) is 1.14. The first-order valence-corrected chi connectivity index (χ1v) is 6.34. The largest absolute Gasteiger partial charge is 0.481 e. The van der Waals surface area contributed by atoms with Crippen LogP contribution in [-0.2, 0) is 6.54 Å². The lowest BCUT2D eigenvalue weighted by Crippen LogP contribution is -2.28. The number of rotatable bonds is 4. The van der Waals surface area contributed by atoms with E-state index < -0.39 is 0 Å². The second-order valence-electron chi connectivity index (χ2n) is 3.61. The third kappa shape index (κ3) is 2.86. The van der Waals surface area contributed by atoms with Crippen molar-refractivity contribution in [3.8, 4) is 5.88 Å². The van der Waals surface area contributed by atoms with Crippen molar-refractivity contribution < 1.29 is 4.74 Å². The van der Waals surface area contributed by atoms with E-state index in [9.17, 15) is 0 Å². The van der Waals surface area contributed by atoms with Crippen molar-refractivity contribution in [1.29, 1.82) is 0 Å². The molecule has 4 heteroatoms. The summed E-state index contributed by atoms with van der Waals surface area (Å²) in [6.45, 7) is 0.849. The molecule has 1 fully saturated rings. The fraction of sp³-hybridized carbons (Fsp3) is 0.545. The van der Waals surface area contributed by atoms with E-state index in [0.29, 0.717) is 6.04 Å². The van der Waals surface area contributed by atoms with Gasteiger partial charge in [0.2, 0.25) is 5.88 Å². The van der Waals surface area contributed by atoms with Crippen molar-refractivity contribution in [3.63, 3.8) is 0 Å². The summed E-state index contributed by atoms with van der Waals surface area (Å²) in [4.78, 5) is 4.17. The zero-order valence-electron chi connectivity index (χ0n) is 8.90. The molecule has 0 amide bonds. The molecule has 1 aliphatic rings. The maximum Gasteiger partial charge on any atom is 0.217 e. The molecule has 0 unspecified atom stereocenters. The van der Waals surface area contributed by atoms with Crippen molar-refractivity contribution >= 4 is 11.8 Å². The summed E-state index contributed by atoms with van der Waals surface area (Å²) in [6, 6.07) is 4.66. The number of methoxy groups -OCH3 is 1. The van der Waals surface area contributed by atoms with Crippen LogP contribution >= 0.6 is 11.8 Å². The molecule has 0 aliphatic carbocycles. The standard InChI is InChI=1S/C11H16N2OS/c1-14-11-9(3-2-5-12-11)7-13-10-4-6-15-8-10/h2-3,5,10,13H,4,6-8H2,1H3/t10-/m0/s1. The second kappa shape index (κ2) is 5.37. The molecule has 2 heterocycles. The SMILES string of the molecule is COc1ncccc1CN[C@H]1CCSC1. The Labute approximate surface area is 94.6 Å². The number of aromatic nitrogens is 1. The lowest BCUT2D eigenvalue weighted by Gasteiger charge is -2.12. The lowest BCUT2D eigenvalue weighted by molar-refractivity contribution is 0.389. The monoisotopic (exact) mass is 224 g/mol. The minimum absolute atomic E-state index is 0.653. The van der Waals surface area contributed by atoms with E-state index in [1.54, 1.807) is 13.3 Å². The van der Waals surface area contributed by atoms with Crippen molar-refractivity contribution in [2.75, 3.05) is 18.6 Å². The van der Waals surface area contributed by atoms with E-state index in [1.165, 1.54) is 17.9 Å². The van der Waals surface area contributed by atoms with Crippen LogP contribution in [0.4, 0.5) is 0 Å². The normalized spacial score (nSPS) is 20.5. The molecule has 2 rings (SSSR count). The van der Waals surface area contributed by atoms with Gasteiger partial charge in [0.25, 0.3) is 0 Å². The van der Waals surface area contributed by atoms with Crippen LogP contribution in [-0.4, -0.2) is 29.6 Å². The molecule has 3 nitrogen and oxygen atoms in total. The highest BCUT2D eigenvalue weighted by Crippen LogP contribution is 2.19. The molecule has 0 radical (unpaired) electrons. The second-order valence-corrected chi connectivity index (χ2v) is 4.76. The average Bonchev–Trinajstić information content (AvgIpc) is 2.79. The van der Waals surface area contributed by atoms with E-state index in [2.05, 4.69) is 16.4 Å². The van der Waals surface area contributed by atoms with Gasteiger partial charge in [-0.15, -0.1) is 0 Å². The smallest absolute Gasteiger partial charge is 0.217 e. The molecule has 82 valence electrons. The summed E-state index contributed by atoms with van der Waals surface area (Å²) in [5, 5.41) is 3.53. The summed E-state index contributed by atoms with van der Waals surface area (Å²) < 4.78 is 5.20. The van der Waals surface area contributed by atoms with Crippen molar-refractivity contribution in [2.24, 2.45) is 0 Å². The molecule has 1 aromatic heterocycles. The Balaban J connectivity index is 1.91. The van der Waals surface area contributed by atoms with Gasteiger partial charge in [-0.1, -0.05) is 6.07 Å². The average molecular weight is 224 g/mol. The molecule has 0 aromatic carbocycles. The van der Waals surface area contributed by atoms with Crippen LogP contribution in [0.5, 0.6) is 5.88 Å². The number of nitrogens with zero attached hydrogens (tertiary/aromatic N) is 1. The Morgan fingerprint density at radius 1 is 1.67 bits per heavy atom. The van der Waals surface area contributed by atoms with E-state index in [-0.39, 0.29) is 0 Å². The highest BCUT2D eigenvalue weighted by atomic mass is 32.2. The van der Waals surface area contributed by atoms with E-state index in [4.69, 9.17) is 4.74 Å². The number of nitrogens with one attached hydrogen (secondary N) is 1. The highest BCUT2D eigenvalue weighted by molar-refractivity contribution is 7.99. The van der Waals surface area contributed by atoms with Crippen LogP contribution in [0.25, 0.3) is 0 Å². The first-order chi connectivity index (χ1) is 7.40. The highest BCUT2D eigenvalue weighted by Gasteiger charge is 2.15. The molecule has 1 atom stereocenters. The third-order valence-electron chi connectivity index (χ3n) is 2.55. The number of hydrogen-bond acceptors (Lipinski definition) is 4. The molecule has 1 saturated heterocycles. The van der Waals surface area contributed by atoms with Gasteiger partial charge >= 0.3 is 0 Å². The van der Waals surface area contributed by atoms with Crippen LogP contribution in [0.2, 0.25) is 0 Å². The molecule has 15 heavy (non-hydrogen) atoms. The fourth-order valence-electron chi connectivity index (χ4n) is 1.69. The zero-order chi connectivity index (χ0) is 10.5. The van der Waals surface area contributed by atoms with E-state index in [1.807, 2.05) is 17.8 Å². The fourth-order valence-corrected chi connectivity index (χ4v) is 2.88. The Bertz CT molecular complexity index is 313. The van der Waals surface area contributed by atoms with Crippen molar-refractivity contribution in [1.82, 2.24) is 10.3 Å². The Hall–Kier alpha value is -0.740. The maximum absolute atomic E-state index is 5.20. The number of thioether (sulfide) groups is 1. The van der Waals surface area contributed by atoms with Crippen LogP contribution in [0.3, 0.4) is 0 Å². The van der Waals surface area contributed by atoms with Gasteiger partial charge in [0.05, 0.1) is 7.11 Å². The third-order valence-corrected chi connectivity index (χ3v) is 3.72. The zero-order valence-corrected chi connectivity index (χ0v) is 9.72. The van der Waals surface area contributed by atoms with Gasteiger partial charge in [0.1, 0.15) is 0 Å². The first-order valence-electron chi connectivity index (χ1n) is 5.19. The van der Waals surface area contributed by atoms with E-state index >= 15 is 0 Å². The van der Waals surface area contributed by atoms with Gasteiger partial charge in [0, 0.05) is 30.1 Å². The molecule has 1 aliphatic heterocycles. The topological polar surface area (TPSA) is 34.1 Å². The maximum atomic E-state index is 5.20. The van der Waals surface area contributed by atoms with Gasteiger partial charge in [-0.2, -0.15) is 11.8 Å². The molecule has 1 aromatic rings. The first kappa shape index (κ1) is 10.8. The van der Waals surface area contributed by atoms with Crippen LogP contribution < -0.4 is 10.1 Å². The number of hydrogen-bond donors (Lipinski definition) is 1. The lowest BCUT2D eigenvalue weighted by atomic mass is 10.2. The van der Waals surface area contributed by atoms with Crippen molar-refractivity contribution in [3.05, 3.63) is 23.9 Å². The van der Waals surface area contributed by atoms with Crippen LogP contribution in [0.1, 0.15) is 12.0 Å². The van der Waals surface area contributed by atoms with Gasteiger partial charge in [0.15, 0.2) is 0 Å². The van der Waals surface area contributed by atoms with Gasteiger partial charge < -0.3 is 10.1 Å². The molecule has 0 bridgehead atoms. The minimum Gasteiger partial charge on any atom is -0.481 e. The molecular weight excluding hydrogens is 208 g/mol. The summed E-state index contributed by atoms with van der Waals surface area (Å²) in [7, 11) is 1.66. The van der Waals surface area contributed by atoms with Crippen molar-refractivity contribution in [2.45, 2.75) is 19.0 Å². The summed E-state index contributed by atoms with van der Waals surface area (Å²) in [6.07, 6.45) is 3.03. The summed E-state index contributed by atoms with van der Waals surface area (Å²) in [5.74, 6) is 3.24. The predicted molar refractivity (Wildman–Crippen MR) is 63.4 cm³/mol.